The zero-order valence-corrected chi connectivity index (χ0v) is 9.07. The fourth-order valence-electron chi connectivity index (χ4n) is 1.20. The van der Waals surface area contributed by atoms with Crippen LogP contribution in [0.15, 0.2) is 23.1 Å². The van der Waals surface area contributed by atoms with E-state index >= 15 is 0 Å². The highest BCUT2D eigenvalue weighted by molar-refractivity contribution is 7.98. The van der Waals surface area contributed by atoms with E-state index in [0.717, 1.165) is 0 Å². The number of carbonyl (C=O) groups is 1. The van der Waals surface area contributed by atoms with Crippen LogP contribution in [-0.4, -0.2) is 17.3 Å². The van der Waals surface area contributed by atoms with Crippen LogP contribution >= 0.6 is 11.8 Å². The minimum absolute atomic E-state index is 0.347. The Bertz CT molecular complexity index is 385. The number of halogens is 2. The van der Waals surface area contributed by atoms with Crippen molar-refractivity contribution in [2.75, 3.05) is 6.26 Å². The van der Waals surface area contributed by atoms with Gasteiger partial charge in [-0.15, -0.1) is 11.8 Å². The van der Waals surface area contributed by atoms with Gasteiger partial charge in [-0.3, -0.25) is 0 Å². The highest BCUT2D eigenvalue weighted by Gasteiger charge is 2.30. The minimum Gasteiger partial charge on any atom is -0.478 e. The lowest BCUT2D eigenvalue weighted by atomic mass is 10.0. The number of alkyl halides is 2. The third kappa shape index (κ3) is 2.68. The van der Waals surface area contributed by atoms with E-state index in [4.69, 9.17) is 5.11 Å². The molecular weight excluding hydrogens is 222 g/mol. The van der Waals surface area contributed by atoms with Crippen molar-refractivity contribution in [1.29, 1.82) is 0 Å². The molecule has 0 atom stereocenters. The maximum Gasteiger partial charge on any atom is 0.336 e. The van der Waals surface area contributed by atoms with Crippen LogP contribution in [0.3, 0.4) is 0 Å². The molecule has 0 bridgehead atoms. The number of hydrogen-bond donors (Lipinski definition) is 1. The summed E-state index contributed by atoms with van der Waals surface area (Å²) in [6, 6.07) is 3.94. The molecule has 82 valence electrons. The van der Waals surface area contributed by atoms with Gasteiger partial charge in [0, 0.05) is 17.4 Å². The van der Waals surface area contributed by atoms with Gasteiger partial charge in [0.2, 0.25) is 0 Å². The average Bonchev–Trinajstić information content (AvgIpc) is 2.15. The lowest BCUT2D eigenvalue weighted by Gasteiger charge is -2.14. The zero-order valence-electron chi connectivity index (χ0n) is 8.25. The summed E-state index contributed by atoms with van der Waals surface area (Å²) >= 11 is 1.29. The predicted octanol–water partition coefficient (Wildman–Crippen LogP) is 3.22. The van der Waals surface area contributed by atoms with Crippen molar-refractivity contribution in [3.63, 3.8) is 0 Å². The van der Waals surface area contributed by atoms with Crippen LogP contribution in [-0.2, 0) is 5.92 Å². The molecule has 0 saturated carbocycles. The van der Waals surface area contributed by atoms with Gasteiger partial charge in [-0.05, 0) is 24.5 Å². The number of aromatic carboxylic acids is 1. The van der Waals surface area contributed by atoms with Crippen molar-refractivity contribution < 1.29 is 18.7 Å². The van der Waals surface area contributed by atoms with E-state index in [2.05, 4.69) is 0 Å². The molecule has 0 amide bonds. The van der Waals surface area contributed by atoms with Gasteiger partial charge in [0.1, 0.15) is 0 Å². The lowest BCUT2D eigenvalue weighted by molar-refractivity contribution is 0.0151. The summed E-state index contributed by atoms with van der Waals surface area (Å²) in [5, 5.41) is 8.75. The van der Waals surface area contributed by atoms with Gasteiger partial charge >= 0.3 is 5.97 Å². The van der Waals surface area contributed by atoms with Gasteiger partial charge in [0.15, 0.2) is 0 Å². The summed E-state index contributed by atoms with van der Waals surface area (Å²) in [7, 11) is 0. The lowest BCUT2D eigenvalue weighted by Crippen LogP contribution is -2.14. The van der Waals surface area contributed by atoms with E-state index in [1.54, 1.807) is 6.26 Å². The van der Waals surface area contributed by atoms with Crippen molar-refractivity contribution >= 4 is 17.7 Å². The zero-order chi connectivity index (χ0) is 11.6. The Kier molecular flexibility index (Phi) is 3.34. The Hall–Kier alpha value is -1.10. The Labute approximate surface area is 90.3 Å². The average molecular weight is 232 g/mol. The van der Waals surface area contributed by atoms with Crippen LogP contribution in [0.2, 0.25) is 0 Å². The van der Waals surface area contributed by atoms with Crippen LogP contribution in [0.4, 0.5) is 8.78 Å². The van der Waals surface area contributed by atoms with Gasteiger partial charge in [-0.2, -0.15) is 0 Å². The summed E-state index contributed by atoms with van der Waals surface area (Å²) in [4.78, 5) is 11.3. The maximum absolute atomic E-state index is 13.1. The van der Waals surface area contributed by atoms with Crippen LogP contribution in [0.5, 0.6) is 0 Å². The Morgan fingerprint density at radius 2 is 2.07 bits per heavy atom. The van der Waals surface area contributed by atoms with Crippen molar-refractivity contribution in [2.45, 2.75) is 17.7 Å². The van der Waals surface area contributed by atoms with Crippen LogP contribution < -0.4 is 0 Å². The normalized spacial score (nSPS) is 11.5. The first-order valence-corrected chi connectivity index (χ1v) is 5.38. The molecule has 0 radical (unpaired) electrons. The number of rotatable bonds is 3. The molecule has 1 aromatic carbocycles. The highest BCUT2D eigenvalue weighted by Crippen LogP contribution is 2.32. The van der Waals surface area contributed by atoms with Crippen molar-refractivity contribution in [3.8, 4) is 0 Å². The minimum atomic E-state index is -3.14. The van der Waals surface area contributed by atoms with Crippen LogP contribution in [0, 0.1) is 0 Å². The summed E-state index contributed by atoms with van der Waals surface area (Å²) in [5.41, 5.74) is -0.790. The second-order valence-electron chi connectivity index (χ2n) is 3.11. The van der Waals surface area contributed by atoms with Gasteiger partial charge in [0.05, 0.1) is 5.56 Å². The fraction of sp³-hybridized carbons (Fsp3) is 0.300. The molecule has 0 aliphatic carbocycles. The number of carboxylic acid groups (broad SMARTS) is 1. The smallest absolute Gasteiger partial charge is 0.336 e. The molecule has 0 aliphatic heterocycles. The molecule has 0 heterocycles. The third-order valence-corrected chi connectivity index (χ3v) is 2.66. The molecule has 0 unspecified atom stereocenters. The van der Waals surface area contributed by atoms with Crippen LogP contribution in [0.1, 0.15) is 22.8 Å². The van der Waals surface area contributed by atoms with E-state index < -0.39 is 17.5 Å². The fourth-order valence-corrected chi connectivity index (χ4v) is 1.64. The summed E-state index contributed by atoms with van der Waals surface area (Å²) in [6.45, 7) is 0.693. The first kappa shape index (κ1) is 12.0. The molecule has 15 heavy (non-hydrogen) atoms. The van der Waals surface area contributed by atoms with Gasteiger partial charge in [-0.25, -0.2) is 13.6 Å². The Morgan fingerprint density at radius 1 is 1.47 bits per heavy atom. The number of thioether (sulfide) groups is 1. The van der Waals surface area contributed by atoms with Crippen molar-refractivity contribution in [2.24, 2.45) is 0 Å². The summed E-state index contributed by atoms with van der Waals surface area (Å²) in [5.74, 6) is -4.47. The SMILES string of the molecule is CSc1ccc(C(=O)O)c(C(C)(F)F)c1. The van der Waals surface area contributed by atoms with Gasteiger partial charge in [0.25, 0.3) is 5.92 Å². The Balaban J connectivity index is 3.36. The molecule has 5 heteroatoms. The predicted molar refractivity (Wildman–Crippen MR) is 54.8 cm³/mol. The monoisotopic (exact) mass is 232 g/mol. The maximum atomic E-state index is 13.1. The Morgan fingerprint density at radius 3 is 2.47 bits per heavy atom. The van der Waals surface area contributed by atoms with Crippen LogP contribution in [0.25, 0.3) is 0 Å². The van der Waals surface area contributed by atoms with E-state index in [0.29, 0.717) is 11.8 Å². The first-order chi connectivity index (χ1) is 6.86. The first-order valence-electron chi connectivity index (χ1n) is 4.16. The molecule has 1 rings (SSSR count). The summed E-state index contributed by atoms with van der Waals surface area (Å²) in [6.07, 6.45) is 1.74. The highest BCUT2D eigenvalue weighted by atomic mass is 32.2. The number of hydrogen-bond acceptors (Lipinski definition) is 2. The quantitative estimate of drug-likeness (QED) is 0.813. The molecule has 1 aromatic rings. The van der Waals surface area contributed by atoms with E-state index in [1.165, 1.54) is 30.0 Å². The molecule has 0 aliphatic rings. The molecule has 0 fully saturated rings. The van der Waals surface area contributed by atoms with Crippen molar-refractivity contribution in [1.82, 2.24) is 0 Å². The molecule has 0 spiro atoms. The van der Waals surface area contributed by atoms with Gasteiger partial charge < -0.3 is 5.11 Å². The number of carboxylic acids is 1. The molecule has 0 aromatic heterocycles. The molecular formula is C10H10F2O2S. The molecule has 1 N–H and O–H groups in total. The molecule has 2 nitrogen and oxygen atoms in total. The number of benzene rings is 1. The molecule has 0 saturated heterocycles. The second kappa shape index (κ2) is 4.18. The largest absolute Gasteiger partial charge is 0.478 e. The standard InChI is InChI=1S/C10H10F2O2S/c1-10(11,12)8-5-6(15-2)3-4-7(8)9(13)14/h3-5H,1-2H3,(H,13,14). The third-order valence-electron chi connectivity index (χ3n) is 1.93. The second-order valence-corrected chi connectivity index (χ2v) is 3.98. The van der Waals surface area contributed by atoms with E-state index in [9.17, 15) is 13.6 Å². The van der Waals surface area contributed by atoms with E-state index in [1.807, 2.05) is 0 Å². The van der Waals surface area contributed by atoms with E-state index in [-0.39, 0.29) is 5.56 Å². The van der Waals surface area contributed by atoms with Gasteiger partial charge in [-0.1, -0.05) is 0 Å². The van der Waals surface area contributed by atoms with Crippen molar-refractivity contribution in [3.05, 3.63) is 29.3 Å². The summed E-state index contributed by atoms with van der Waals surface area (Å²) < 4.78 is 26.2. The topological polar surface area (TPSA) is 37.3 Å².